The first-order chi connectivity index (χ1) is 8.33. The van der Waals surface area contributed by atoms with E-state index in [0.29, 0.717) is 11.6 Å². The molecule has 0 saturated heterocycles. The Balaban J connectivity index is 2.01. The van der Waals surface area contributed by atoms with Crippen molar-refractivity contribution < 1.29 is 4.42 Å². The minimum atomic E-state index is 0.470. The standard InChI is InChI=1S/C12H10N4O/c13-11-4-1-5-12(15-11)16-8-9(7-14-16)10-3-2-6-17-10/h1-8H,(H2,13,15). The van der Waals surface area contributed by atoms with Gasteiger partial charge in [-0.15, -0.1) is 0 Å². The van der Waals surface area contributed by atoms with Crippen molar-refractivity contribution in [2.24, 2.45) is 0 Å². The van der Waals surface area contributed by atoms with Crippen LogP contribution in [0.4, 0.5) is 5.82 Å². The van der Waals surface area contributed by atoms with Gasteiger partial charge in [-0.1, -0.05) is 6.07 Å². The molecule has 0 atom stereocenters. The van der Waals surface area contributed by atoms with Gasteiger partial charge in [-0.05, 0) is 24.3 Å². The molecule has 3 aromatic heterocycles. The lowest BCUT2D eigenvalue weighted by atomic mass is 10.3. The third-order valence-electron chi connectivity index (χ3n) is 2.38. The Morgan fingerprint density at radius 2 is 2.12 bits per heavy atom. The molecular weight excluding hydrogens is 216 g/mol. The highest BCUT2D eigenvalue weighted by Crippen LogP contribution is 2.19. The van der Waals surface area contributed by atoms with Crippen LogP contribution in [0.2, 0.25) is 0 Å². The SMILES string of the molecule is Nc1cccc(-n2cc(-c3ccco3)cn2)n1. The van der Waals surface area contributed by atoms with Crippen molar-refractivity contribution in [1.82, 2.24) is 14.8 Å². The number of nitrogens with two attached hydrogens (primary N) is 1. The van der Waals surface area contributed by atoms with E-state index >= 15 is 0 Å². The van der Waals surface area contributed by atoms with Crippen molar-refractivity contribution in [3.63, 3.8) is 0 Å². The second kappa shape index (κ2) is 3.79. The number of hydrogen-bond donors (Lipinski definition) is 1. The highest BCUT2D eigenvalue weighted by molar-refractivity contribution is 5.55. The molecule has 5 nitrogen and oxygen atoms in total. The number of aromatic nitrogens is 3. The highest BCUT2D eigenvalue weighted by Gasteiger charge is 2.06. The summed E-state index contributed by atoms with van der Waals surface area (Å²) in [5, 5.41) is 4.22. The zero-order valence-corrected chi connectivity index (χ0v) is 8.95. The third kappa shape index (κ3) is 1.78. The Morgan fingerprint density at radius 1 is 1.18 bits per heavy atom. The van der Waals surface area contributed by atoms with Crippen LogP contribution in [0.25, 0.3) is 17.1 Å². The zero-order valence-electron chi connectivity index (χ0n) is 8.95. The Morgan fingerprint density at radius 3 is 2.88 bits per heavy atom. The summed E-state index contributed by atoms with van der Waals surface area (Å²) in [6.07, 6.45) is 5.20. The summed E-state index contributed by atoms with van der Waals surface area (Å²) in [5.74, 6) is 1.93. The molecule has 0 aliphatic rings. The van der Waals surface area contributed by atoms with E-state index in [1.54, 1.807) is 23.2 Å². The smallest absolute Gasteiger partial charge is 0.155 e. The van der Waals surface area contributed by atoms with Gasteiger partial charge < -0.3 is 10.2 Å². The van der Waals surface area contributed by atoms with Crippen molar-refractivity contribution >= 4 is 5.82 Å². The maximum Gasteiger partial charge on any atom is 0.155 e. The Hall–Kier alpha value is -2.56. The molecule has 0 spiro atoms. The fourth-order valence-electron chi connectivity index (χ4n) is 1.59. The van der Waals surface area contributed by atoms with E-state index in [1.807, 2.05) is 30.5 Å². The number of nitrogens with zero attached hydrogens (tertiary/aromatic N) is 3. The van der Waals surface area contributed by atoms with Crippen LogP contribution < -0.4 is 5.73 Å². The lowest BCUT2D eigenvalue weighted by Crippen LogP contribution is -1.99. The zero-order chi connectivity index (χ0) is 11.7. The third-order valence-corrected chi connectivity index (χ3v) is 2.38. The molecule has 0 unspecified atom stereocenters. The fourth-order valence-corrected chi connectivity index (χ4v) is 1.59. The van der Waals surface area contributed by atoms with Crippen LogP contribution in [0.3, 0.4) is 0 Å². The van der Waals surface area contributed by atoms with E-state index in [2.05, 4.69) is 10.1 Å². The predicted octanol–water partition coefficient (Wildman–Crippen LogP) is 2.11. The molecule has 0 saturated carbocycles. The molecule has 2 N–H and O–H groups in total. The average Bonchev–Trinajstić information content (AvgIpc) is 3.00. The van der Waals surface area contributed by atoms with Gasteiger partial charge in [-0.25, -0.2) is 9.67 Å². The van der Waals surface area contributed by atoms with E-state index in [4.69, 9.17) is 10.2 Å². The molecule has 0 aromatic carbocycles. The summed E-state index contributed by atoms with van der Waals surface area (Å²) in [7, 11) is 0. The van der Waals surface area contributed by atoms with Crippen LogP contribution in [0.5, 0.6) is 0 Å². The minimum absolute atomic E-state index is 0.470. The maximum absolute atomic E-state index is 5.63. The number of furan rings is 1. The van der Waals surface area contributed by atoms with E-state index < -0.39 is 0 Å². The van der Waals surface area contributed by atoms with Gasteiger partial charge in [0.2, 0.25) is 0 Å². The molecule has 3 rings (SSSR count). The highest BCUT2D eigenvalue weighted by atomic mass is 16.3. The molecule has 17 heavy (non-hydrogen) atoms. The molecular formula is C12H10N4O. The number of nitrogen functional groups attached to an aromatic ring is 1. The Kier molecular flexibility index (Phi) is 2.15. The molecule has 3 aromatic rings. The second-order valence-electron chi connectivity index (χ2n) is 3.57. The van der Waals surface area contributed by atoms with Gasteiger partial charge in [-0.3, -0.25) is 0 Å². The first-order valence-electron chi connectivity index (χ1n) is 5.14. The van der Waals surface area contributed by atoms with Crippen LogP contribution in [0, 0.1) is 0 Å². The molecule has 0 aliphatic carbocycles. The van der Waals surface area contributed by atoms with E-state index in [1.165, 1.54) is 0 Å². The van der Waals surface area contributed by atoms with Crippen LogP contribution in [0.15, 0.2) is 53.4 Å². The van der Waals surface area contributed by atoms with Gasteiger partial charge in [0.15, 0.2) is 5.82 Å². The number of hydrogen-bond acceptors (Lipinski definition) is 4. The lowest BCUT2D eigenvalue weighted by Gasteiger charge is -1.99. The molecule has 84 valence electrons. The molecule has 3 heterocycles. The van der Waals surface area contributed by atoms with Crippen LogP contribution in [-0.2, 0) is 0 Å². The predicted molar refractivity (Wildman–Crippen MR) is 63.5 cm³/mol. The van der Waals surface area contributed by atoms with Gasteiger partial charge in [-0.2, -0.15) is 5.10 Å². The van der Waals surface area contributed by atoms with Crippen molar-refractivity contribution in [3.05, 3.63) is 49.0 Å². The van der Waals surface area contributed by atoms with Crippen LogP contribution in [0.1, 0.15) is 0 Å². The minimum Gasteiger partial charge on any atom is -0.464 e. The fraction of sp³-hybridized carbons (Fsp3) is 0. The normalized spacial score (nSPS) is 10.6. The van der Waals surface area contributed by atoms with Gasteiger partial charge in [0.1, 0.15) is 11.6 Å². The van der Waals surface area contributed by atoms with Gasteiger partial charge in [0.05, 0.1) is 18.0 Å². The monoisotopic (exact) mass is 226 g/mol. The molecule has 0 bridgehead atoms. The quantitative estimate of drug-likeness (QED) is 0.726. The largest absolute Gasteiger partial charge is 0.464 e. The van der Waals surface area contributed by atoms with Crippen molar-refractivity contribution in [2.45, 2.75) is 0 Å². The van der Waals surface area contributed by atoms with Crippen molar-refractivity contribution in [2.75, 3.05) is 5.73 Å². The summed E-state index contributed by atoms with van der Waals surface area (Å²) in [6.45, 7) is 0. The summed E-state index contributed by atoms with van der Waals surface area (Å²) in [6, 6.07) is 9.14. The Bertz CT molecular complexity index is 628. The van der Waals surface area contributed by atoms with Gasteiger partial charge in [0.25, 0.3) is 0 Å². The molecule has 0 amide bonds. The first-order valence-corrected chi connectivity index (χ1v) is 5.14. The summed E-state index contributed by atoms with van der Waals surface area (Å²) < 4.78 is 6.95. The van der Waals surface area contributed by atoms with Crippen molar-refractivity contribution in [1.29, 1.82) is 0 Å². The molecule has 0 fully saturated rings. The average molecular weight is 226 g/mol. The second-order valence-corrected chi connectivity index (χ2v) is 3.57. The van der Waals surface area contributed by atoms with Crippen LogP contribution >= 0.6 is 0 Å². The summed E-state index contributed by atoms with van der Waals surface area (Å²) in [5.41, 5.74) is 6.53. The number of anilines is 1. The van der Waals surface area contributed by atoms with Crippen LogP contribution in [-0.4, -0.2) is 14.8 Å². The van der Waals surface area contributed by atoms with Gasteiger partial charge >= 0.3 is 0 Å². The van der Waals surface area contributed by atoms with E-state index in [9.17, 15) is 0 Å². The first kappa shape index (κ1) is 9.65. The van der Waals surface area contributed by atoms with Gasteiger partial charge in [0, 0.05) is 6.20 Å². The number of rotatable bonds is 2. The molecule has 0 aliphatic heterocycles. The Labute approximate surface area is 97.5 Å². The maximum atomic E-state index is 5.63. The summed E-state index contributed by atoms with van der Waals surface area (Å²) in [4.78, 5) is 4.19. The summed E-state index contributed by atoms with van der Waals surface area (Å²) >= 11 is 0. The van der Waals surface area contributed by atoms with E-state index in [0.717, 1.165) is 11.3 Å². The molecule has 5 heteroatoms. The topological polar surface area (TPSA) is 69.9 Å². The molecule has 0 radical (unpaired) electrons. The number of pyridine rings is 1. The van der Waals surface area contributed by atoms with E-state index in [-0.39, 0.29) is 0 Å². The van der Waals surface area contributed by atoms with Crippen molar-refractivity contribution in [3.8, 4) is 17.1 Å². The lowest BCUT2D eigenvalue weighted by molar-refractivity contribution is 0.582.